The molecule has 1 unspecified atom stereocenters. The van der Waals surface area contributed by atoms with Gasteiger partial charge in [0.15, 0.2) is 0 Å². The zero-order valence-corrected chi connectivity index (χ0v) is 23.1. The molecule has 3 aliphatic heterocycles. The fourth-order valence-electron chi connectivity index (χ4n) is 6.66. The molecule has 3 saturated heterocycles. The summed E-state index contributed by atoms with van der Waals surface area (Å²) in [4.78, 5) is 17.8. The minimum absolute atomic E-state index is 0.0256. The number of ether oxygens (including phenoxy) is 1. The Morgan fingerprint density at radius 1 is 1.14 bits per heavy atom. The van der Waals surface area contributed by atoms with Crippen LogP contribution < -0.4 is 0 Å². The Bertz CT molecular complexity index is 1040. The molecule has 190 valence electrons. The molecular weight excluding hydrogens is 499 g/mol. The highest BCUT2D eigenvalue weighted by Crippen LogP contribution is 2.48. The van der Waals surface area contributed by atoms with Crippen LogP contribution in [0.2, 0.25) is 10.0 Å². The number of carbonyl (C=O) groups is 1. The summed E-state index contributed by atoms with van der Waals surface area (Å²) in [6.45, 7) is 10.3. The highest BCUT2D eigenvalue weighted by molar-refractivity contribution is 7.08. The van der Waals surface area contributed by atoms with Gasteiger partial charge in [-0.05, 0) is 59.3 Å². The number of carbonyl (C=O) groups excluding carboxylic acids is 1. The van der Waals surface area contributed by atoms with Crippen molar-refractivity contribution in [3.8, 4) is 0 Å². The largest absolute Gasteiger partial charge is 0.459 e. The van der Waals surface area contributed by atoms with E-state index in [-0.39, 0.29) is 17.0 Å². The van der Waals surface area contributed by atoms with Gasteiger partial charge in [-0.25, -0.2) is 0 Å². The van der Waals surface area contributed by atoms with Gasteiger partial charge in [0, 0.05) is 74.5 Å². The van der Waals surface area contributed by atoms with Gasteiger partial charge < -0.3 is 9.64 Å². The molecular formula is C28H36Cl2N2O2S. The normalized spacial score (nSPS) is 29.2. The van der Waals surface area contributed by atoms with Crippen molar-refractivity contribution in [1.82, 2.24) is 9.80 Å². The van der Waals surface area contributed by atoms with Crippen molar-refractivity contribution in [3.63, 3.8) is 0 Å². The lowest BCUT2D eigenvalue weighted by molar-refractivity contribution is -0.156. The Labute approximate surface area is 223 Å². The average Bonchev–Trinajstić information content (AvgIpc) is 3.52. The minimum atomic E-state index is -0.296. The molecule has 3 atom stereocenters. The molecule has 4 nitrogen and oxygen atoms in total. The standard InChI is InChI=1S/C28H36Cl2N2O2S/c1-3-7-27(2)19-28(34-26(27)33)8-10-31(11-9-28)15-22-16-32(17-24(22)21-6-12-35-18-21)14-20-4-5-23(29)13-25(20)30/h4-6,12-13,18,22,24H,3,7-11,14-17,19H2,1-2H3/t22-,24+,27?/m0/s1. The molecule has 0 saturated carbocycles. The number of rotatable bonds is 7. The highest BCUT2D eigenvalue weighted by atomic mass is 35.5. The van der Waals surface area contributed by atoms with E-state index >= 15 is 0 Å². The van der Waals surface area contributed by atoms with Crippen LogP contribution in [0.25, 0.3) is 0 Å². The van der Waals surface area contributed by atoms with E-state index in [1.54, 1.807) is 11.3 Å². The van der Waals surface area contributed by atoms with Gasteiger partial charge in [0.25, 0.3) is 0 Å². The summed E-state index contributed by atoms with van der Waals surface area (Å²) in [5.74, 6) is 1.12. The second-order valence-corrected chi connectivity index (χ2v) is 12.8. The maximum atomic E-state index is 12.7. The fraction of sp³-hybridized carbons (Fsp3) is 0.607. The van der Waals surface area contributed by atoms with E-state index in [1.807, 2.05) is 12.1 Å². The van der Waals surface area contributed by atoms with Crippen LogP contribution in [0.3, 0.4) is 0 Å². The number of esters is 1. The first-order valence-corrected chi connectivity index (χ1v) is 14.6. The zero-order chi connectivity index (χ0) is 24.6. The molecule has 0 amide bonds. The summed E-state index contributed by atoms with van der Waals surface area (Å²) in [6, 6.07) is 8.11. The first-order valence-electron chi connectivity index (χ1n) is 12.9. The second-order valence-electron chi connectivity index (χ2n) is 11.2. The fourth-order valence-corrected chi connectivity index (χ4v) is 7.86. The molecule has 0 radical (unpaired) electrons. The monoisotopic (exact) mass is 534 g/mol. The van der Waals surface area contributed by atoms with Crippen molar-refractivity contribution in [2.75, 3.05) is 32.7 Å². The maximum absolute atomic E-state index is 12.7. The van der Waals surface area contributed by atoms with Gasteiger partial charge in [0.1, 0.15) is 5.60 Å². The highest BCUT2D eigenvalue weighted by Gasteiger charge is 2.54. The van der Waals surface area contributed by atoms with E-state index in [0.29, 0.717) is 16.9 Å². The van der Waals surface area contributed by atoms with Crippen molar-refractivity contribution < 1.29 is 9.53 Å². The SMILES string of the molecule is CCCC1(C)CC2(CCN(C[C@H]3CN(Cc4ccc(Cl)cc4Cl)C[C@@H]3c3ccsc3)CC2)OC1=O. The Morgan fingerprint density at radius 2 is 1.94 bits per heavy atom. The van der Waals surface area contributed by atoms with E-state index in [2.05, 4.69) is 46.5 Å². The van der Waals surface area contributed by atoms with Gasteiger partial charge >= 0.3 is 5.97 Å². The molecule has 3 fully saturated rings. The summed E-state index contributed by atoms with van der Waals surface area (Å²) < 4.78 is 6.06. The maximum Gasteiger partial charge on any atom is 0.312 e. The van der Waals surface area contributed by atoms with Crippen molar-refractivity contribution in [3.05, 3.63) is 56.2 Å². The third-order valence-corrected chi connectivity index (χ3v) is 9.76. The number of piperidine rings is 1. The van der Waals surface area contributed by atoms with Crippen molar-refractivity contribution in [2.24, 2.45) is 11.3 Å². The summed E-state index contributed by atoms with van der Waals surface area (Å²) in [6.07, 6.45) is 4.75. The molecule has 2 aromatic rings. The zero-order valence-electron chi connectivity index (χ0n) is 20.8. The minimum Gasteiger partial charge on any atom is -0.459 e. The Hall–Kier alpha value is -1.11. The first kappa shape index (κ1) is 25.5. The van der Waals surface area contributed by atoms with Gasteiger partial charge in [-0.2, -0.15) is 11.3 Å². The molecule has 1 aromatic heterocycles. The van der Waals surface area contributed by atoms with Gasteiger partial charge in [-0.15, -0.1) is 0 Å². The lowest BCUT2D eigenvalue weighted by Crippen LogP contribution is -2.46. The summed E-state index contributed by atoms with van der Waals surface area (Å²) in [5, 5.41) is 5.93. The van der Waals surface area contributed by atoms with Crippen LogP contribution in [0.15, 0.2) is 35.0 Å². The van der Waals surface area contributed by atoms with E-state index in [0.717, 1.165) is 82.0 Å². The summed E-state index contributed by atoms with van der Waals surface area (Å²) >= 11 is 14.4. The molecule has 0 N–H and O–H groups in total. The quantitative estimate of drug-likeness (QED) is 0.363. The smallest absolute Gasteiger partial charge is 0.312 e. The Morgan fingerprint density at radius 3 is 2.63 bits per heavy atom. The molecule has 0 bridgehead atoms. The first-order chi connectivity index (χ1) is 16.8. The van der Waals surface area contributed by atoms with Crippen molar-refractivity contribution in [2.45, 2.75) is 64.0 Å². The molecule has 7 heteroatoms. The molecule has 1 spiro atoms. The molecule has 4 heterocycles. The van der Waals surface area contributed by atoms with E-state index in [1.165, 1.54) is 5.56 Å². The summed E-state index contributed by atoms with van der Waals surface area (Å²) in [5.41, 5.74) is 2.06. The number of benzene rings is 1. The van der Waals surface area contributed by atoms with Crippen LogP contribution in [0, 0.1) is 11.3 Å². The van der Waals surface area contributed by atoms with Gasteiger partial charge in [-0.1, -0.05) is 42.6 Å². The van der Waals surface area contributed by atoms with Crippen LogP contribution in [0.1, 0.15) is 63.0 Å². The van der Waals surface area contributed by atoms with Crippen molar-refractivity contribution in [1.29, 1.82) is 0 Å². The molecule has 35 heavy (non-hydrogen) atoms. The molecule has 3 aliphatic rings. The van der Waals surface area contributed by atoms with Crippen LogP contribution in [-0.4, -0.2) is 54.1 Å². The Balaban J connectivity index is 1.23. The average molecular weight is 536 g/mol. The van der Waals surface area contributed by atoms with E-state index in [9.17, 15) is 4.79 Å². The molecule has 5 rings (SSSR count). The topological polar surface area (TPSA) is 32.8 Å². The lowest BCUT2D eigenvalue weighted by Gasteiger charge is -2.39. The summed E-state index contributed by atoms with van der Waals surface area (Å²) in [7, 11) is 0. The van der Waals surface area contributed by atoms with Gasteiger partial charge in [0.2, 0.25) is 0 Å². The van der Waals surface area contributed by atoms with E-state index < -0.39 is 0 Å². The predicted molar refractivity (Wildman–Crippen MR) is 144 cm³/mol. The number of hydrogen-bond donors (Lipinski definition) is 0. The third kappa shape index (κ3) is 5.45. The number of likely N-dealkylation sites (tertiary alicyclic amines) is 2. The molecule has 0 aliphatic carbocycles. The number of halogens is 2. The number of nitrogens with zero attached hydrogens (tertiary/aromatic N) is 2. The predicted octanol–water partition coefficient (Wildman–Crippen LogP) is 6.86. The van der Waals surface area contributed by atoms with Crippen molar-refractivity contribution >= 4 is 40.5 Å². The van der Waals surface area contributed by atoms with Gasteiger partial charge in [0.05, 0.1) is 5.41 Å². The lowest BCUT2D eigenvalue weighted by atomic mass is 9.75. The number of hydrogen-bond acceptors (Lipinski definition) is 5. The number of thiophene rings is 1. The third-order valence-electron chi connectivity index (χ3n) is 8.47. The second kappa shape index (κ2) is 10.3. The van der Waals surface area contributed by atoms with Gasteiger partial charge in [-0.3, -0.25) is 9.69 Å². The van der Waals surface area contributed by atoms with Crippen LogP contribution in [0.4, 0.5) is 0 Å². The van der Waals surface area contributed by atoms with Crippen LogP contribution in [0.5, 0.6) is 0 Å². The van der Waals surface area contributed by atoms with Crippen LogP contribution in [-0.2, 0) is 16.1 Å². The van der Waals surface area contributed by atoms with E-state index in [4.69, 9.17) is 27.9 Å². The Kier molecular flexibility index (Phi) is 7.54. The molecule has 1 aromatic carbocycles. The van der Waals surface area contributed by atoms with Crippen LogP contribution >= 0.6 is 34.5 Å².